The lowest BCUT2D eigenvalue weighted by Gasteiger charge is -2.10. The SMILES string of the molecule is Cc1cc(-c2ncnn3cc(C4CCOC4)cc23)ccc1CNC(=O)c1noc(C(C)(C)C)n1. The van der Waals surface area contributed by atoms with E-state index in [0.29, 0.717) is 18.4 Å². The zero-order chi connectivity index (χ0) is 23.9. The van der Waals surface area contributed by atoms with Gasteiger partial charge in [0, 0.05) is 36.2 Å². The summed E-state index contributed by atoms with van der Waals surface area (Å²) in [5.41, 5.74) is 5.81. The highest BCUT2D eigenvalue weighted by Crippen LogP contribution is 2.30. The van der Waals surface area contributed by atoms with Gasteiger partial charge in [0.15, 0.2) is 0 Å². The Morgan fingerprint density at radius 2 is 2.12 bits per heavy atom. The van der Waals surface area contributed by atoms with Crippen LogP contribution < -0.4 is 5.32 Å². The number of carbonyl (C=O) groups excluding carboxylic acids is 1. The third-order valence-electron chi connectivity index (χ3n) is 6.15. The minimum atomic E-state index is -0.364. The topological polar surface area (TPSA) is 107 Å². The van der Waals surface area contributed by atoms with Crippen LogP contribution in [-0.2, 0) is 16.7 Å². The zero-order valence-corrected chi connectivity index (χ0v) is 19.8. The number of nitrogens with zero attached hydrogens (tertiary/aromatic N) is 5. The van der Waals surface area contributed by atoms with Crippen LogP contribution in [0.15, 0.2) is 41.3 Å². The number of aromatic nitrogens is 5. The van der Waals surface area contributed by atoms with Crippen LogP contribution in [0, 0.1) is 6.92 Å². The van der Waals surface area contributed by atoms with E-state index in [9.17, 15) is 4.79 Å². The molecule has 0 spiro atoms. The van der Waals surface area contributed by atoms with Crippen LogP contribution in [0.4, 0.5) is 0 Å². The molecule has 0 aliphatic carbocycles. The second kappa shape index (κ2) is 8.64. The summed E-state index contributed by atoms with van der Waals surface area (Å²) in [5, 5.41) is 11.1. The van der Waals surface area contributed by atoms with Crippen molar-refractivity contribution < 1.29 is 14.1 Å². The quantitative estimate of drug-likeness (QED) is 0.482. The molecule has 0 bridgehead atoms. The van der Waals surface area contributed by atoms with Crippen molar-refractivity contribution in [2.75, 3.05) is 13.2 Å². The van der Waals surface area contributed by atoms with Gasteiger partial charge in [0.05, 0.1) is 17.8 Å². The molecule has 5 rings (SSSR count). The summed E-state index contributed by atoms with van der Waals surface area (Å²) in [6, 6.07) is 8.28. The van der Waals surface area contributed by atoms with Crippen molar-refractivity contribution >= 4 is 11.4 Å². The van der Waals surface area contributed by atoms with E-state index in [1.807, 2.05) is 44.3 Å². The van der Waals surface area contributed by atoms with Crippen LogP contribution in [-0.4, -0.2) is 43.9 Å². The molecule has 176 valence electrons. The Bertz CT molecular complexity index is 1340. The molecular weight excluding hydrogens is 432 g/mol. The molecule has 1 unspecified atom stereocenters. The van der Waals surface area contributed by atoms with E-state index in [2.05, 4.69) is 43.9 Å². The van der Waals surface area contributed by atoms with Gasteiger partial charge in [-0.3, -0.25) is 4.79 Å². The number of hydrogen-bond donors (Lipinski definition) is 1. The number of benzene rings is 1. The Hall–Kier alpha value is -3.59. The van der Waals surface area contributed by atoms with E-state index in [0.717, 1.165) is 47.5 Å². The Morgan fingerprint density at radius 3 is 2.82 bits per heavy atom. The van der Waals surface area contributed by atoms with Gasteiger partial charge in [0.2, 0.25) is 5.89 Å². The first-order valence-corrected chi connectivity index (χ1v) is 11.4. The molecule has 1 atom stereocenters. The molecule has 1 fully saturated rings. The van der Waals surface area contributed by atoms with Crippen molar-refractivity contribution in [2.24, 2.45) is 0 Å². The van der Waals surface area contributed by atoms with E-state index >= 15 is 0 Å². The summed E-state index contributed by atoms with van der Waals surface area (Å²) < 4.78 is 12.6. The van der Waals surface area contributed by atoms with Crippen molar-refractivity contribution in [3.8, 4) is 11.3 Å². The zero-order valence-electron chi connectivity index (χ0n) is 19.8. The fraction of sp³-hybridized carbons (Fsp3) is 0.400. The number of carbonyl (C=O) groups is 1. The largest absolute Gasteiger partial charge is 0.381 e. The summed E-state index contributed by atoms with van der Waals surface area (Å²) in [5.74, 6) is 0.514. The number of fused-ring (bicyclic) bond motifs is 1. The van der Waals surface area contributed by atoms with Crippen molar-refractivity contribution in [2.45, 2.75) is 52.0 Å². The van der Waals surface area contributed by atoms with Gasteiger partial charge < -0.3 is 14.6 Å². The molecule has 4 heterocycles. The Balaban J connectivity index is 1.33. The summed E-state index contributed by atoms with van der Waals surface area (Å²) in [4.78, 5) is 21.3. The van der Waals surface area contributed by atoms with Gasteiger partial charge in [0.25, 0.3) is 11.7 Å². The van der Waals surface area contributed by atoms with Gasteiger partial charge in [0.1, 0.15) is 6.33 Å². The van der Waals surface area contributed by atoms with Gasteiger partial charge >= 0.3 is 0 Å². The monoisotopic (exact) mass is 460 g/mol. The Morgan fingerprint density at radius 1 is 1.26 bits per heavy atom. The molecule has 9 nitrogen and oxygen atoms in total. The lowest BCUT2D eigenvalue weighted by Crippen LogP contribution is -2.24. The fourth-order valence-corrected chi connectivity index (χ4v) is 4.11. The molecule has 1 saturated heterocycles. The van der Waals surface area contributed by atoms with Crippen molar-refractivity contribution in [1.29, 1.82) is 0 Å². The predicted molar refractivity (Wildman–Crippen MR) is 126 cm³/mol. The molecule has 0 radical (unpaired) electrons. The Kier molecular flexibility index (Phi) is 5.65. The average Bonchev–Trinajstić information content (AvgIpc) is 3.57. The minimum absolute atomic E-state index is 0.0410. The number of aryl methyl sites for hydroxylation is 1. The van der Waals surface area contributed by atoms with Crippen LogP contribution in [0.5, 0.6) is 0 Å². The van der Waals surface area contributed by atoms with Crippen molar-refractivity contribution in [1.82, 2.24) is 30.1 Å². The summed E-state index contributed by atoms with van der Waals surface area (Å²) in [7, 11) is 0. The van der Waals surface area contributed by atoms with Crippen LogP contribution >= 0.6 is 0 Å². The summed E-state index contributed by atoms with van der Waals surface area (Å²) in [6.45, 7) is 9.80. The first-order valence-electron chi connectivity index (χ1n) is 11.4. The van der Waals surface area contributed by atoms with Crippen molar-refractivity contribution in [3.63, 3.8) is 0 Å². The maximum atomic E-state index is 12.5. The Labute approximate surface area is 197 Å². The average molecular weight is 461 g/mol. The third kappa shape index (κ3) is 4.31. The number of nitrogens with one attached hydrogen (secondary N) is 1. The van der Waals surface area contributed by atoms with Crippen molar-refractivity contribution in [3.05, 3.63) is 65.2 Å². The number of ether oxygens (including phenoxy) is 1. The molecule has 1 aliphatic rings. The number of amides is 1. The molecule has 9 heteroatoms. The maximum Gasteiger partial charge on any atom is 0.292 e. The van der Waals surface area contributed by atoms with Gasteiger partial charge in [-0.05, 0) is 42.2 Å². The van der Waals surface area contributed by atoms with E-state index in [-0.39, 0.29) is 17.1 Å². The maximum absolute atomic E-state index is 12.5. The number of rotatable bonds is 5. The molecule has 1 amide bonds. The van der Waals surface area contributed by atoms with E-state index in [4.69, 9.17) is 9.26 Å². The molecule has 0 saturated carbocycles. The molecule has 4 aromatic rings. The lowest BCUT2D eigenvalue weighted by molar-refractivity contribution is 0.0937. The smallest absolute Gasteiger partial charge is 0.292 e. The predicted octanol–water partition coefficient (Wildman–Crippen LogP) is 3.82. The normalized spacial score (nSPS) is 16.3. The van der Waals surface area contributed by atoms with Gasteiger partial charge in [-0.1, -0.05) is 38.1 Å². The van der Waals surface area contributed by atoms with E-state index < -0.39 is 0 Å². The molecule has 1 N–H and O–H groups in total. The van der Waals surface area contributed by atoms with Crippen LogP contribution in [0.25, 0.3) is 16.8 Å². The van der Waals surface area contributed by atoms with Gasteiger partial charge in [-0.2, -0.15) is 10.1 Å². The van der Waals surface area contributed by atoms with Crippen LogP contribution in [0.3, 0.4) is 0 Å². The minimum Gasteiger partial charge on any atom is -0.381 e. The highest BCUT2D eigenvalue weighted by atomic mass is 16.5. The highest BCUT2D eigenvalue weighted by Gasteiger charge is 2.24. The highest BCUT2D eigenvalue weighted by molar-refractivity contribution is 5.90. The molecular formula is C25H28N6O3. The summed E-state index contributed by atoms with van der Waals surface area (Å²) in [6.07, 6.45) is 4.68. The first-order chi connectivity index (χ1) is 16.3. The first kappa shape index (κ1) is 22.2. The summed E-state index contributed by atoms with van der Waals surface area (Å²) >= 11 is 0. The second-order valence-corrected chi connectivity index (χ2v) is 9.77. The molecule has 3 aromatic heterocycles. The third-order valence-corrected chi connectivity index (χ3v) is 6.15. The second-order valence-electron chi connectivity index (χ2n) is 9.77. The van der Waals surface area contributed by atoms with E-state index in [1.54, 1.807) is 6.33 Å². The molecule has 34 heavy (non-hydrogen) atoms. The fourth-order valence-electron chi connectivity index (χ4n) is 4.11. The molecule has 1 aromatic carbocycles. The van der Waals surface area contributed by atoms with Gasteiger partial charge in [-0.15, -0.1) is 0 Å². The molecule has 1 aliphatic heterocycles. The van der Waals surface area contributed by atoms with Crippen LogP contribution in [0.2, 0.25) is 0 Å². The van der Waals surface area contributed by atoms with E-state index in [1.165, 1.54) is 5.56 Å². The number of hydrogen-bond acceptors (Lipinski definition) is 7. The standard InChI is InChI=1S/C25H28N6O3/c1-15-9-16(21-20-10-19(18-7-8-33-13-18)12-31(20)28-14-27-21)5-6-17(15)11-26-23(32)22-29-24(34-30-22)25(2,3)4/h5-6,9-10,12,14,18H,7-8,11,13H2,1-4H3,(H,26,32). The van der Waals surface area contributed by atoms with Gasteiger partial charge in [-0.25, -0.2) is 9.50 Å². The lowest BCUT2D eigenvalue weighted by atomic mass is 9.97. The van der Waals surface area contributed by atoms with Crippen LogP contribution in [0.1, 0.15) is 66.3 Å².